The Labute approximate surface area is 125 Å². The number of amides is 2. The molecule has 3 rings (SSSR count). The van der Waals surface area contributed by atoms with Crippen molar-refractivity contribution in [1.29, 1.82) is 0 Å². The molecule has 1 saturated heterocycles. The Hall–Kier alpha value is -0.710. The van der Waals surface area contributed by atoms with E-state index in [1.807, 2.05) is 11.8 Å². The Balaban J connectivity index is 1.78. The summed E-state index contributed by atoms with van der Waals surface area (Å²) in [6.45, 7) is 2.66. The number of nitrogens with zero attached hydrogens (tertiary/aromatic N) is 1. The fraction of sp³-hybridized carbons (Fsp3) is 0.867. The molecule has 112 valence electrons. The van der Waals surface area contributed by atoms with E-state index < -0.39 is 5.54 Å². The van der Waals surface area contributed by atoms with Crippen LogP contribution in [0.2, 0.25) is 0 Å². The van der Waals surface area contributed by atoms with Crippen molar-refractivity contribution >= 4 is 23.6 Å². The van der Waals surface area contributed by atoms with E-state index in [9.17, 15) is 9.59 Å². The maximum absolute atomic E-state index is 12.9. The third-order valence-electron chi connectivity index (χ3n) is 4.90. The van der Waals surface area contributed by atoms with Gasteiger partial charge in [-0.25, -0.2) is 0 Å². The van der Waals surface area contributed by atoms with Crippen molar-refractivity contribution in [2.45, 2.75) is 50.6 Å². The summed E-state index contributed by atoms with van der Waals surface area (Å²) in [6.07, 6.45) is 7.36. The smallest absolute Gasteiger partial charge is 0.249 e. The van der Waals surface area contributed by atoms with E-state index in [0.717, 1.165) is 44.4 Å². The molecule has 5 heteroatoms. The van der Waals surface area contributed by atoms with Crippen molar-refractivity contribution in [1.82, 2.24) is 10.2 Å². The number of piperazine rings is 1. The second-order valence-electron chi connectivity index (χ2n) is 6.59. The van der Waals surface area contributed by atoms with Gasteiger partial charge in [-0.3, -0.25) is 9.59 Å². The maximum atomic E-state index is 12.9. The van der Waals surface area contributed by atoms with E-state index in [4.69, 9.17) is 0 Å². The van der Waals surface area contributed by atoms with Crippen LogP contribution in [0.5, 0.6) is 0 Å². The Morgan fingerprint density at radius 3 is 2.55 bits per heavy atom. The summed E-state index contributed by atoms with van der Waals surface area (Å²) in [5.41, 5.74) is -0.637. The van der Waals surface area contributed by atoms with Gasteiger partial charge < -0.3 is 10.2 Å². The van der Waals surface area contributed by atoms with E-state index >= 15 is 0 Å². The lowest BCUT2D eigenvalue weighted by Crippen LogP contribution is -2.70. The van der Waals surface area contributed by atoms with Crippen LogP contribution in [0.1, 0.15) is 39.0 Å². The molecule has 2 atom stereocenters. The van der Waals surface area contributed by atoms with Crippen molar-refractivity contribution in [2.24, 2.45) is 11.8 Å². The summed E-state index contributed by atoms with van der Waals surface area (Å²) < 4.78 is 0. The molecule has 0 aromatic carbocycles. The second-order valence-corrected chi connectivity index (χ2v) is 7.58. The first-order valence-corrected chi connectivity index (χ1v) is 9.09. The maximum Gasteiger partial charge on any atom is 0.249 e. The van der Waals surface area contributed by atoms with Crippen LogP contribution in [0.15, 0.2) is 0 Å². The van der Waals surface area contributed by atoms with Crippen molar-refractivity contribution in [3.63, 3.8) is 0 Å². The first-order chi connectivity index (χ1) is 9.58. The molecule has 0 spiro atoms. The average Bonchev–Trinajstić information content (AvgIpc) is 3.28. The number of hydrogen-bond donors (Lipinski definition) is 1. The summed E-state index contributed by atoms with van der Waals surface area (Å²) >= 11 is 1.80. The predicted octanol–water partition coefficient (Wildman–Crippen LogP) is 1.65. The van der Waals surface area contributed by atoms with Gasteiger partial charge in [-0.1, -0.05) is 0 Å². The fourth-order valence-corrected chi connectivity index (χ4v) is 3.81. The van der Waals surface area contributed by atoms with E-state index in [1.54, 1.807) is 11.8 Å². The monoisotopic (exact) mass is 296 g/mol. The van der Waals surface area contributed by atoms with Crippen LogP contribution in [0.25, 0.3) is 0 Å². The first kappa shape index (κ1) is 14.2. The van der Waals surface area contributed by atoms with E-state index in [1.165, 1.54) is 0 Å². The van der Waals surface area contributed by atoms with Crippen LogP contribution in [-0.2, 0) is 9.59 Å². The fourth-order valence-electron chi connectivity index (χ4n) is 3.39. The number of nitrogens with one attached hydrogen (secondary N) is 1. The van der Waals surface area contributed by atoms with Crippen LogP contribution < -0.4 is 5.32 Å². The normalized spacial score (nSPS) is 34.3. The Morgan fingerprint density at radius 1 is 1.30 bits per heavy atom. The number of rotatable bonds is 6. The molecular weight excluding hydrogens is 272 g/mol. The van der Waals surface area contributed by atoms with Gasteiger partial charge in [0.25, 0.3) is 0 Å². The Morgan fingerprint density at radius 2 is 2.00 bits per heavy atom. The van der Waals surface area contributed by atoms with Crippen molar-refractivity contribution in [3.05, 3.63) is 0 Å². The Kier molecular flexibility index (Phi) is 3.73. The average molecular weight is 296 g/mol. The van der Waals surface area contributed by atoms with Crippen LogP contribution in [-0.4, -0.2) is 46.8 Å². The lowest BCUT2D eigenvalue weighted by molar-refractivity contribution is -0.156. The highest BCUT2D eigenvalue weighted by Gasteiger charge is 2.57. The predicted molar refractivity (Wildman–Crippen MR) is 80.5 cm³/mol. The van der Waals surface area contributed by atoms with Crippen molar-refractivity contribution < 1.29 is 9.59 Å². The minimum absolute atomic E-state index is 0.0886. The zero-order valence-corrected chi connectivity index (χ0v) is 13.2. The zero-order chi connectivity index (χ0) is 14.3. The molecule has 2 aliphatic carbocycles. The number of thioether (sulfide) groups is 1. The molecule has 1 N–H and O–H groups in total. The van der Waals surface area contributed by atoms with Crippen LogP contribution in [0.3, 0.4) is 0 Å². The van der Waals surface area contributed by atoms with E-state index in [2.05, 4.69) is 11.6 Å². The van der Waals surface area contributed by atoms with Gasteiger partial charge in [0.15, 0.2) is 0 Å². The lowest BCUT2D eigenvalue weighted by Gasteiger charge is -2.45. The molecule has 1 aliphatic heterocycles. The van der Waals surface area contributed by atoms with Gasteiger partial charge in [0, 0.05) is 6.54 Å². The van der Waals surface area contributed by atoms with Crippen molar-refractivity contribution in [2.75, 3.05) is 18.6 Å². The third kappa shape index (κ3) is 2.45. The molecule has 20 heavy (non-hydrogen) atoms. The number of carbonyl (C=O) groups is 2. The van der Waals surface area contributed by atoms with Crippen LogP contribution >= 0.6 is 11.8 Å². The number of hydrogen-bond acceptors (Lipinski definition) is 3. The van der Waals surface area contributed by atoms with E-state index in [-0.39, 0.29) is 17.9 Å². The second kappa shape index (κ2) is 5.24. The van der Waals surface area contributed by atoms with Gasteiger partial charge >= 0.3 is 0 Å². The van der Waals surface area contributed by atoms with Gasteiger partial charge in [-0.2, -0.15) is 11.8 Å². The standard InChI is InChI=1S/C15H24N2O2S/c1-15(11-6-7-11)14(19)17(8-3-9-20-2)12(10-4-5-10)13(18)16-15/h10-12H,3-9H2,1-2H3,(H,16,18). The molecule has 2 amide bonds. The molecule has 0 bridgehead atoms. The third-order valence-corrected chi connectivity index (χ3v) is 5.60. The minimum Gasteiger partial charge on any atom is -0.340 e. The SMILES string of the molecule is CSCCCN1C(=O)C(C)(C2CC2)NC(=O)C1C1CC1. The molecule has 2 unspecified atom stereocenters. The molecule has 3 aliphatic rings. The van der Waals surface area contributed by atoms with Gasteiger partial charge in [-0.05, 0) is 62.9 Å². The minimum atomic E-state index is -0.637. The van der Waals surface area contributed by atoms with E-state index in [0.29, 0.717) is 11.8 Å². The van der Waals surface area contributed by atoms with Gasteiger partial charge in [0.1, 0.15) is 11.6 Å². The van der Waals surface area contributed by atoms with Crippen LogP contribution in [0.4, 0.5) is 0 Å². The zero-order valence-electron chi connectivity index (χ0n) is 12.4. The molecule has 0 radical (unpaired) electrons. The molecule has 0 aromatic rings. The lowest BCUT2D eigenvalue weighted by atomic mass is 9.88. The molecule has 1 heterocycles. The first-order valence-electron chi connectivity index (χ1n) is 7.70. The van der Waals surface area contributed by atoms with Crippen LogP contribution in [0, 0.1) is 11.8 Å². The topological polar surface area (TPSA) is 49.4 Å². The molecule has 2 saturated carbocycles. The van der Waals surface area contributed by atoms with Gasteiger partial charge in [0.05, 0.1) is 0 Å². The summed E-state index contributed by atoms with van der Waals surface area (Å²) in [6, 6.07) is -0.198. The summed E-state index contributed by atoms with van der Waals surface area (Å²) in [5.74, 6) is 2.05. The number of carbonyl (C=O) groups excluding carboxylic acids is 2. The highest BCUT2D eigenvalue weighted by Crippen LogP contribution is 2.45. The molecule has 3 fully saturated rings. The highest BCUT2D eigenvalue weighted by molar-refractivity contribution is 7.98. The summed E-state index contributed by atoms with van der Waals surface area (Å²) in [5, 5.41) is 3.06. The van der Waals surface area contributed by atoms with Gasteiger partial charge in [-0.15, -0.1) is 0 Å². The van der Waals surface area contributed by atoms with Crippen molar-refractivity contribution in [3.8, 4) is 0 Å². The molecular formula is C15H24N2O2S. The highest BCUT2D eigenvalue weighted by atomic mass is 32.2. The summed E-state index contributed by atoms with van der Waals surface area (Å²) in [4.78, 5) is 27.3. The Bertz CT molecular complexity index is 420. The van der Waals surface area contributed by atoms with Gasteiger partial charge in [0.2, 0.25) is 11.8 Å². The molecule has 4 nitrogen and oxygen atoms in total. The summed E-state index contributed by atoms with van der Waals surface area (Å²) in [7, 11) is 0. The quantitative estimate of drug-likeness (QED) is 0.758. The molecule has 0 aromatic heterocycles. The largest absolute Gasteiger partial charge is 0.340 e.